The topological polar surface area (TPSA) is 58.4 Å². The fourth-order valence-electron chi connectivity index (χ4n) is 3.56. The molecule has 0 N–H and O–H groups in total. The second-order valence-corrected chi connectivity index (χ2v) is 7.95. The fraction of sp³-hybridized carbons (Fsp3) is 0.261. The fourth-order valence-corrected chi connectivity index (χ4v) is 3.74. The van der Waals surface area contributed by atoms with Gasteiger partial charge in [-0.25, -0.2) is 9.07 Å². The summed E-state index contributed by atoms with van der Waals surface area (Å²) in [6.07, 6.45) is 0. The molecule has 1 saturated heterocycles. The highest BCUT2D eigenvalue weighted by Gasteiger charge is 2.22. The van der Waals surface area contributed by atoms with E-state index >= 15 is 0 Å². The Morgan fingerprint density at radius 3 is 2.42 bits per heavy atom. The molecule has 31 heavy (non-hydrogen) atoms. The summed E-state index contributed by atoms with van der Waals surface area (Å²) in [6.45, 7) is 4.08. The minimum absolute atomic E-state index is 0.0786. The Bertz CT molecular complexity index is 1150. The van der Waals surface area contributed by atoms with E-state index in [2.05, 4.69) is 10.00 Å². The van der Waals surface area contributed by atoms with E-state index in [0.717, 1.165) is 16.8 Å². The first-order chi connectivity index (χ1) is 14.9. The van der Waals surface area contributed by atoms with Crippen LogP contribution in [0.15, 0.2) is 59.4 Å². The minimum atomic E-state index is -0.454. The second kappa shape index (κ2) is 8.89. The maximum absolute atomic E-state index is 13.4. The molecule has 8 heteroatoms. The third-order valence-corrected chi connectivity index (χ3v) is 5.69. The third kappa shape index (κ3) is 4.77. The molecule has 0 spiro atoms. The molecule has 0 unspecified atom stereocenters. The average molecular weight is 441 g/mol. The highest BCUT2D eigenvalue weighted by molar-refractivity contribution is 6.31. The van der Waals surface area contributed by atoms with Gasteiger partial charge in [0.1, 0.15) is 12.4 Å². The van der Waals surface area contributed by atoms with Gasteiger partial charge in [-0.1, -0.05) is 41.4 Å². The standard InChI is InChI=1S/C23H22ClFN4O2/c1-16-2-4-17(5-3-16)21-8-9-22(30)29(26-21)15-23(31)28-12-10-27(11-13-28)18-6-7-20(25)19(24)14-18/h2-9,14H,10-13,15H2,1H3. The number of piperazine rings is 1. The molecule has 2 aromatic carbocycles. The van der Waals surface area contributed by atoms with E-state index in [4.69, 9.17) is 11.6 Å². The summed E-state index contributed by atoms with van der Waals surface area (Å²) >= 11 is 5.88. The van der Waals surface area contributed by atoms with Gasteiger partial charge in [0.25, 0.3) is 5.56 Å². The molecule has 1 fully saturated rings. The number of aromatic nitrogens is 2. The predicted octanol–water partition coefficient (Wildman–Crippen LogP) is 3.36. The molecule has 3 aromatic rings. The molecule has 1 aliphatic heterocycles. The zero-order valence-corrected chi connectivity index (χ0v) is 17.8. The van der Waals surface area contributed by atoms with Crippen molar-refractivity contribution in [3.05, 3.63) is 81.4 Å². The van der Waals surface area contributed by atoms with Gasteiger partial charge in [-0.15, -0.1) is 0 Å². The van der Waals surface area contributed by atoms with Gasteiger partial charge in [-0.05, 0) is 31.2 Å². The zero-order valence-electron chi connectivity index (χ0n) is 17.1. The van der Waals surface area contributed by atoms with E-state index in [1.807, 2.05) is 31.2 Å². The van der Waals surface area contributed by atoms with Crippen molar-refractivity contribution in [1.29, 1.82) is 0 Å². The number of carbonyl (C=O) groups excluding carboxylic acids is 1. The van der Waals surface area contributed by atoms with Crippen molar-refractivity contribution >= 4 is 23.2 Å². The van der Waals surface area contributed by atoms with E-state index in [1.165, 1.54) is 16.8 Å². The summed E-state index contributed by atoms with van der Waals surface area (Å²) < 4.78 is 14.6. The Labute approximate surface area is 184 Å². The first-order valence-electron chi connectivity index (χ1n) is 10.0. The number of hydrogen-bond acceptors (Lipinski definition) is 4. The van der Waals surface area contributed by atoms with Crippen LogP contribution in [0.2, 0.25) is 5.02 Å². The number of rotatable bonds is 4. The number of anilines is 1. The van der Waals surface area contributed by atoms with Crippen LogP contribution in [-0.4, -0.2) is 46.8 Å². The van der Waals surface area contributed by atoms with Crippen LogP contribution in [0.3, 0.4) is 0 Å². The molecule has 0 atom stereocenters. The summed E-state index contributed by atoms with van der Waals surface area (Å²) in [5.41, 5.74) is 3.17. The van der Waals surface area contributed by atoms with Crippen LogP contribution < -0.4 is 10.5 Å². The quantitative estimate of drug-likeness (QED) is 0.624. The van der Waals surface area contributed by atoms with Crippen molar-refractivity contribution in [1.82, 2.24) is 14.7 Å². The molecule has 1 amide bonds. The lowest BCUT2D eigenvalue weighted by Crippen LogP contribution is -2.50. The number of nitrogens with zero attached hydrogens (tertiary/aromatic N) is 4. The van der Waals surface area contributed by atoms with E-state index in [9.17, 15) is 14.0 Å². The van der Waals surface area contributed by atoms with Gasteiger partial charge in [0.05, 0.1) is 10.7 Å². The Morgan fingerprint density at radius 1 is 1.03 bits per heavy atom. The van der Waals surface area contributed by atoms with Gasteiger partial charge in [-0.2, -0.15) is 5.10 Å². The second-order valence-electron chi connectivity index (χ2n) is 7.55. The number of carbonyl (C=O) groups is 1. The molecule has 1 aromatic heterocycles. The van der Waals surface area contributed by atoms with Crippen LogP contribution in [0.1, 0.15) is 5.56 Å². The van der Waals surface area contributed by atoms with Crippen LogP contribution in [0, 0.1) is 12.7 Å². The molecule has 160 valence electrons. The maximum atomic E-state index is 13.4. The van der Waals surface area contributed by atoms with Crippen LogP contribution in [0.25, 0.3) is 11.3 Å². The number of amides is 1. The first kappa shape index (κ1) is 21.1. The van der Waals surface area contributed by atoms with Gasteiger partial charge in [0.15, 0.2) is 0 Å². The molecule has 0 bridgehead atoms. The molecule has 4 rings (SSSR count). The third-order valence-electron chi connectivity index (χ3n) is 5.40. The smallest absolute Gasteiger partial charge is 0.267 e. The van der Waals surface area contributed by atoms with E-state index in [-0.39, 0.29) is 23.0 Å². The van der Waals surface area contributed by atoms with Gasteiger partial charge >= 0.3 is 0 Å². The molecular weight excluding hydrogens is 419 g/mol. The van der Waals surface area contributed by atoms with Gasteiger partial charge in [0.2, 0.25) is 5.91 Å². The van der Waals surface area contributed by atoms with Crippen LogP contribution in [0.5, 0.6) is 0 Å². The summed E-state index contributed by atoms with van der Waals surface area (Å²) in [6, 6.07) is 15.6. The zero-order chi connectivity index (χ0) is 22.0. The lowest BCUT2D eigenvalue weighted by atomic mass is 10.1. The normalized spacial score (nSPS) is 14.0. The molecule has 0 aliphatic carbocycles. The molecule has 0 saturated carbocycles. The largest absolute Gasteiger partial charge is 0.368 e. The number of aryl methyl sites for hydroxylation is 1. The highest BCUT2D eigenvalue weighted by atomic mass is 35.5. The molecular formula is C23H22ClFN4O2. The van der Waals surface area contributed by atoms with Crippen LogP contribution >= 0.6 is 11.6 Å². The Kier molecular flexibility index (Phi) is 6.04. The number of halogens is 2. The van der Waals surface area contributed by atoms with Crippen molar-refractivity contribution in [2.24, 2.45) is 0 Å². The molecule has 2 heterocycles. The van der Waals surface area contributed by atoms with E-state index in [0.29, 0.717) is 31.9 Å². The Morgan fingerprint density at radius 2 is 1.74 bits per heavy atom. The van der Waals surface area contributed by atoms with Crippen LogP contribution in [-0.2, 0) is 11.3 Å². The van der Waals surface area contributed by atoms with Crippen molar-refractivity contribution < 1.29 is 9.18 Å². The van der Waals surface area contributed by atoms with Crippen molar-refractivity contribution in [3.63, 3.8) is 0 Å². The highest BCUT2D eigenvalue weighted by Crippen LogP contribution is 2.23. The summed E-state index contributed by atoms with van der Waals surface area (Å²) in [5.74, 6) is -0.613. The first-order valence-corrected chi connectivity index (χ1v) is 10.4. The van der Waals surface area contributed by atoms with Gasteiger partial charge < -0.3 is 9.80 Å². The predicted molar refractivity (Wildman–Crippen MR) is 119 cm³/mol. The number of benzene rings is 2. The number of hydrogen-bond donors (Lipinski definition) is 0. The summed E-state index contributed by atoms with van der Waals surface area (Å²) in [4.78, 5) is 28.8. The van der Waals surface area contributed by atoms with E-state index < -0.39 is 5.82 Å². The maximum Gasteiger partial charge on any atom is 0.267 e. The minimum Gasteiger partial charge on any atom is -0.368 e. The average Bonchev–Trinajstić information content (AvgIpc) is 2.78. The lowest BCUT2D eigenvalue weighted by Gasteiger charge is -2.36. The Balaban J connectivity index is 1.42. The molecule has 1 aliphatic rings. The Hall–Kier alpha value is -3.19. The summed E-state index contributed by atoms with van der Waals surface area (Å²) in [5, 5.41) is 4.46. The van der Waals surface area contributed by atoms with E-state index in [1.54, 1.807) is 23.1 Å². The van der Waals surface area contributed by atoms with Crippen molar-refractivity contribution in [2.45, 2.75) is 13.5 Å². The monoisotopic (exact) mass is 440 g/mol. The molecule has 6 nitrogen and oxygen atoms in total. The van der Waals surface area contributed by atoms with Crippen LogP contribution in [0.4, 0.5) is 10.1 Å². The van der Waals surface area contributed by atoms with Crippen molar-refractivity contribution in [3.8, 4) is 11.3 Å². The lowest BCUT2D eigenvalue weighted by molar-refractivity contribution is -0.132. The summed E-state index contributed by atoms with van der Waals surface area (Å²) in [7, 11) is 0. The molecule has 0 radical (unpaired) electrons. The van der Waals surface area contributed by atoms with Crippen molar-refractivity contribution in [2.75, 3.05) is 31.1 Å². The van der Waals surface area contributed by atoms with Gasteiger partial charge in [-0.3, -0.25) is 9.59 Å². The SMILES string of the molecule is Cc1ccc(-c2ccc(=O)n(CC(=O)N3CCN(c4ccc(F)c(Cl)c4)CC3)n2)cc1. The van der Waals surface area contributed by atoms with Gasteiger partial charge in [0, 0.05) is 43.5 Å².